The summed E-state index contributed by atoms with van der Waals surface area (Å²) in [4.78, 5) is 22.4. The monoisotopic (exact) mass is 242 g/mol. The Bertz CT molecular complexity index is 391. The van der Waals surface area contributed by atoms with Crippen molar-refractivity contribution in [2.24, 2.45) is 5.73 Å². The van der Waals surface area contributed by atoms with Gasteiger partial charge in [-0.25, -0.2) is 0 Å². The van der Waals surface area contributed by atoms with E-state index in [9.17, 15) is 9.59 Å². The number of amides is 1. The van der Waals surface area contributed by atoms with Crippen molar-refractivity contribution in [3.8, 4) is 0 Å². The quantitative estimate of drug-likeness (QED) is 0.791. The highest BCUT2D eigenvalue weighted by Gasteiger charge is 2.08. The van der Waals surface area contributed by atoms with Crippen LogP contribution in [0.1, 0.15) is 24.2 Å². The fraction of sp³-hybridized carbons (Fsp3) is 0.273. The second-order valence-corrected chi connectivity index (χ2v) is 3.41. The van der Waals surface area contributed by atoms with E-state index in [0.29, 0.717) is 11.3 Å². The number of nitrogens with one attached hydrogen (secondary N) is 1. The van der Waals surface area contributed by atoms with Crippen LogP contribution in [-0.4, -0.2) is 17.7 Å². The highest BCUT2D eigenvalue weighted by molar-refractivity contribution is 5.98. The predicted octanol–water partition coefficient (Wildman–Crippen LogP) is 1.60. The Kier molecular flexibility index (Phi) is 5.71. The second kappa shape index (κ2) is 6.25. The number of halogens is 1. The zero-order valence-corrected chi connectivity index (χ0v) is 10.0. The van der Waals surface area contributed by atoms with E-state index in [2.05, 4.69) is 5.32 Å². The van der Waals surface area contributed by atoms with E-state index in [-0.39, 0.29) is 24.1 Å². The summed E-state index contributed by atoms with van der Waals surface area (Å²) in [5, 5.41) is 2.62. The van der Waals surface area contributed by atoms with Crippen LogP contribution >= 0.6 is 12.4 Å². The Labute approximate surface area is 101 Å². The average molecular weight is 243 g/mol. The van der Waals surface area contributed by atoms with Gasteiger partial charge in [0.05, 0.1) is 6.04 Å². The van der Waals surface area contributed by atoms with Crippen LogP contribution in [0.3, 0.4) is 0 Å². The number of Topliss-reactive ketones (excluding diaryl/α,β-unsaturated/α-hetero) is 1. The van der Waals surface area contributed by atoms with Crippen LogP contribution in [0.5, 0.6) is 0 Å². The molecule has 1 aromatic carbocycles. The topological polar surface area (TPSA) is 72.2 Å². The van der Waals surface area contributed by atoms with E-state index in [1.807, 2.05) is 0 Å². The molecule has 1 atom stereocenters. The minimum absolute atomic E-state index is 0. The van der Waals surface area contributed by atoms with Gasteiger partial charge in [-0.05, 0) is 26.0 Å². The highest BCUT2D eigenvalue weighted by Crippen LogP contribution is 2.11. The fourth-order valence-electron chi connectivity index (χ4n) is 1.07. The lowest BCUT2D eigenvalue weighted by Crippen LogP contribution is -2.32. The molecule has 5 heteroatoms. The third kappa shape index (κ3) is 4.00. The van der Waals surface area contributed by atoms with Gasteiger partial charge >= 0.3 is 0 Å². The zero-order valence-electron chi connectivity index (χ0n) is 9.19. The molecule has 0 heterocycles. The van der Waals surface area contributed by atoms with Gasteiger partial charge in [0, 0.05) is 11.3 Å². The molecule has 3 N–H and O–H groups in total. The van der Waals surface area contributed by atoms with Gasteiger partial charge in [-0.3, -0.25) is 9.59 Å². The van der Waals surface area contributed by atoms with Gasteiger partial charge in [0.25, 0.3) is 0 Å². The van der Waals surface area contributed by atoms with Crippen molar-refractivity contribution in [1.29, 1.82) is 0 Å². The van der Waals surface area contributed by atoms with Gasteiger partial charge in [0.1, 0.15) is 0 Å². The van der Waals surface area contributed by atoms with Crippen LogP contribution in [0.25, 0.3) is 0 Å². The van der Waals surface area contributed by atoms with Gasteiger partial charge in [0.15, 0.2) is 5.78 Å². The molecular weight excluding hydrogens is 228 g/mol. The Balaban J connectivity index is 0.00000225. The summed E-state index contributed by atoms with van der Waals surface area (Å²) in [5.41, 5.74) is 6.56. The lowest BCUT2D eigenvalue weighted by atomic mass is 10.1. The number of carbonyl (C=O) groups is 2. The van der Waals surface area contributed by atoms with Gasteiger partial charge < -0.3 is 11.1 Å². The summed E-state index contributed by atoms with van der Waals surface area (Å²) < 4.78 is 0. The maximum absolute atomic E-state index is 11.3. The minimum atomic E-state index is -0.564. The van der Waals surface area contributed by atoms with Crippen LogP contribution in [0.15, 0.2) is 24.3 Å². The van der Waals surface area contributed by atoms with Crippen molar-refractivity contribution < 1.29 is 9.59 Å². The third-order valence-corrected chi connectivity index (χ3v) is 1.95. The Morgan fingerprint density at radius 3 is 2.50 bits per heavy atom. The number of benzene rings is 1. The van der Waals surface area contributed by atoms with Crippen LogP contribution in [-0.2, 0) is 4.79 Å². The molecule has 88 valence electrons. The van der Waals surface area contributed by atoms with E-state index < -0.39 is 6.04 Å². The molecule has 1 amide bonds. The first-order valence-electron chi connectivity index (χ1n) is 4.68. The molecule has 0 fully saturated rings. The zero-order chi connectivity index (χ0) is 11.4. The number of carbonyl (C=O) groups excluding carboxylic acids is 2. The molecule has 0 aliphatic rings. The Morgan fingerprint density at radius 1 is 1.38 bits per heavy atom. The smallest absolute Gasteiger partial charge is 0.240 e. The number of nitrogens with two attached hydrogens (primary N) is 1. The Morgan fingerprint density at radius 2 is 2.00 bits per heavy atom. The summed E-state index contributed by atoms with van der Waals surface area (Å²) in [5.74, 6) is -0.303. The largest absolute Gasteiger partial charge is 0.325 e. The lowest BCUT2D eigenvalue weighted by molar-refractivity contribution is -0.117. The molecule has 0 unspecified atom stereocenters. The number of rotatable bonds is 3. The highest BCUT2D eigenvalue weighted by atomic mass is 35.5. The van der Waals surface area contributed by atoms with Gasteiger partial charge in [-0.15, -0.1) is 12.4 Å². The summed E-state index contributed by atoms with van der Waals surface area (Å²) in [6.07, 6.45) is 0. The summed E-state index contributed by atoms with van der Waals surface area (Å²) in [6.45, 7) is 3.08. The second-order valence-electron chi connectivity index (χ2n) is 3.41. The van der Waals surface area contributed by atoms with Crippen molar-refractivity contribution in [2.45, 2.75) is 19.9 Å². The average Bonchev–Trinajstić information content (AvgIpc) is 2.18. The number of hydrogen-bond acceptors (Lipinski definition) is 3. The molecule has 0 aliphatic heterocycles. The van der Waals surface area contributed by atoms with E-state index in [1.165, 1.54) is 6.92 Å². The Hall–Kier alpha value is -1.39. The third-order valence-electron chi connectivity index (χ3n) is 1.95. The number of hydrogen-bond donors (Lipinski definition) is 2. The SMILES string of the molecule is CC(=O)c1cccc(NC(=O)[C@@H](C)N)c1.Cl. The molecule has 1 aromatic rings. The normalized spacial score (nSPS) is 11.2. The molecule has 4 nitrogen and oxygen atoms in total. The first-order chi connectivity index (χ1) is 7.00. The van der Waals surface area contributed by atoms with Gasteiger partial charge in [-0.1, -0.05) is 12.1 Å². The predicted molar refractivity (Wildman–Crippen MR) is 66.0 cm³/mol. The van der Waals surface area contributed by atoms with Crippen molar-refractivity contribution in [2.75, 3.05) is 5.32 Å². The fourth-order valence-corrected chi connectivity index (χ4v) is 1.07. The number of ketones is 1. The van der Waals surface area contributed by atoms with Gasteiger partial charge in [-0.2, -0.15) is 0 Å². The van der Waals surface area contributed by atoms with Gasteiger partial charge in [0.2, 0.25) is 5.91 Å². The number of anilines is 1. The van der Waals surface area contributed by atoms with Crippen LogP contribution in [0, 0.1) is 0 Å². The maximum Gasteiger partial charge on any atom is 0.240 e. The van der Waals surface area contributed by atoms with Crippen LogP contribution < -0.4 is 11.1 Å². The molecular formula is C11H15ClN2O2. The molecule has 0 aromatic heterocycles. The molecule has 0 bridgehead atoms. The van der Waals surface area contributed by atoms with Crippen molar-refractivity contribution in [3.05, 3.63) is 29.8 Å². The van der Waals surface area contributed by atoms with Crippen LogP contribution in [0.4, 0.5) is 5.69 Å². The van der Waals surface area contributed by atoms with Crippen molar-refractivity contribution >= 4 is 29.8 Å². The standard InChI is InChI=1S/C11H14N2O2.ClH/c1-7(12)11(15)13-10-5-3-4-9(6-10)8(2)14;/h3-7H,12H2,1-2H3,(H,13,15);1H/t7-;/m1./s1. The first-order valence-corrected chi connectivity index (χ1v) is 4.68. The van der Waals surface area contributed by atoms with Crippen molar-refractivity contribution in [1.82, 2.24) is 0 Å². The summed E-state index contributed by atoms with van der Waals surface area (Å²) >= 11 is 0. The summed E-state index contributed by atoms with van der Waals surface area (Å²) in [6, 6.07) is 6.19. The van der Waals surface area contributed by atoms with E-state index >= 15 is 0 Å². The molecule has 0 aliphatic carbocycles. The molecule has 16 heavy (non-hydrogen) atoms. The first kappa shape index (κ1) is 14.6. The van der Waals surface area contributed by atoms with E-state index in [0.717, 1.165) is 0 Å². The lowest BCUT2D eigenvalue weighted by Gasteiger charge is -2.08. The molecule has 0 saturated heterocycles. The molecule has 0 radical (unpaired) electrons. The van der Waals surface area contributed by atoms with E-state index in [4.69, 9.17) is 5.73 Å². The molecule has 0 saturated carbocycles. The minimum Gasteiger partial charge on any atom is -0.325 e. The van der Waals surface area contributed by atoms with Crippen LogP contribution in [0.2, 0.25) is 0 Å². The molecule has 1 rings (SSSR count). The van der Waals surface area contributed by atoms with E-state index in [1.54, 1.807) is 31.2 Å². The maximum atomic E-state index is 11.3. The summed E-state index contributed by atoms with van der Waals surface area (Å²) in [7, 11) is 0. The van der Waals surface area contributed by atoms with Crippen molar-refractivity contribution in [3.63, 3.8) is 0 Å². The molecule has 0 spiro atoms.